The molecule has 0 saturated carbocycles. The van der Waals surface area contributed by atoms with E-state index < -0.39 is 0 Å². The van der Waals surface area contributed by atoms with Crippen molar-refractivity contribution < 1.29 is 4.79 Å². The van der Waals surface area contributed by atoms with Gasteiger partial charge in [0.05, 0.1) is 5.75 Å². The van der Waals surface area contributed by atoms with E-state index >= 15 is 0 Å². The molecule has 0 heterocycles. The fourth-order valence-electron chi connectivity index (χ4n) is 2.50. The van der Waals surface area contributed by atoms with Crippen LogP contribution in [-0.2, 0) is 4.79 Å². The Labute approximate surface area is 146 Å². The summed E-state index contributed by atoms with van der Waals surface area (Å²) in [7, 11) is 0. The molecule has 3 aromatic rings. The van der Waals surface area contributed by atoms with Gasteiger partial charge in [-0.1, -0.05) is 60.7 Å². The molecule has 0 aliphatic heterocycles. The topological polar surface area (TPSA) is 55.1 Å². The molecule has 0 radical (unpaired) electrons. The highest BCUT2D eigenvalue weighted by Crippen LogP contribution is 2.23. The van der Waals surface area contributed by atoms with E-state index in [4.69, 9.17) is 5.73 Å². The summed E-state index contributed by atoms with van der Waals surface area (Å²) < 4.78 is 0. The summed E-state index contributed by atoms with van der Waals surface area (Å²) in [5.74, 6) is 0.388. The van der Waals surface area contributed by atoms with Gasteiger partial charge in [0.2, 0.25) is 5.91 Å². The Morgan fingerprint density at radius 3 is 2.46 bits per heavy atom. The first-order chi connectivity index (χ1) is 11.7. The Balaban J connectivity index is 1.49. The number of benzene rings is 3. The number of amides is 1. The van der Waals surface area contributed by atoms with Crippen LogP contribution in [0.1, 0.15) is 11.6 Å². The van der Waals surface area contributed by atoms with E-state index in [1.807, 2.05) is 42.5 Å². The number of carbonyl (C=O) groups excluding carboxylic acids is 1. The van der Waals surface area contributed by atoms with Crippen molar-refractivity contribution in [3.63, 3.8) is 0 Å². The summed E-state index contributed by atoms with van der Waals surface area (Å²) in [5.41, 5.74) is 7.12. The third-order valence-electron chi connectivity index (χ3n) is 3.84. The number of carbonyl (C=O) groups is 1. The van der Waals surface area contributed by atoms with Gasteiger partial charge in [-0.3, -0.25) is 4.79 Å². The van der Waals surface area contributed by atoms with Crippen molar-refractivity contribution in [2.24, 2.45) is 5.73 Å². The zero-order valence-corrected chi connectivity index (χ0v) is 14.1. The average Bonchev–Trinajstić information content (AvgIpc) is 2.65. The number of hydrogen-bond donors (Lipinski definition) is 2. The molecule has 0 bridgehead atoms. The Morgan fingerprint density at radius 1 is 0.958 bits per heavy atom. The van der Waals surface area contributed by atoms with Crippen molar-refractivity contribution in [1.82, 2.24) is 5.32 Å². The average molecular weight is 336 g/mol. The van der Waals surface area contributed by atoms with Crippen molar-refractivity contribution in [1.29, 1.82) is 0 Å². The van der Waals surface area contributed by atoms with E-state index in [2.05, 4.69) is 35.6 Å². The molecular formula is C20H20N2OS. The molecule has 1 unspecified atom stereocenters. The molecule has 3 rings (SSSR count). The monoisotopic (exact) mass is 336 g/mol. The number of thioether (sulfide) groups is 1. The number of hydrogen-bond acceptors (Lipinski definition) is 3. The minimum Gasteiger partial charge on any atom is -0.353 e. The van der Waals surface area contributed by atoms with Crippen LogP contribution in [0.5, 0.6) is 0 Å². The summed E-state index contributed by atoms with van der Waals surface area (Å²) in [6, 6.07) is 24.1. The lowest BCUT2D eigenvalue weighted by Crippen LogP contribution is -2.32. The molecule has 3 aromatic carbocycles. The van der Waals surface area contributed by atoms with E-state index in [1.54, 1.807) is 0 Å². The van der Waals surface area contributed by atoms with Crippen molar-refractivity contribution in [3.8, 4) is 0 Å². The summed E-state index contributed by atoms with van der Waals surface area (Å²) in [4.78, 5) is 13.1. The molecule has 3 nitrogen and oxygen atoms in total. The minimum absolute atomic E-state index is 0.000426. The van der Waals surface area contributed by atoms with Crippen molar-refractivity contribution in [2.75, 3.05) is 12.3 Å². The molecule has 122 valence electrons. The van der Waals surface area contributed by atoms with E-state index in [-0.39, 0.29) is 11.9 Å². The molecule has 0 saturated heterocycles. The minimum atomic E-state index is -0.180. The first kappa shape index (κ1) is 16.6. The quantitative estimate of drug-likeness (QED) is 0.674. The number of rotatable bonds is 6. The normalized spacial score (nSPS) is 12.0. The second-order valence-electron chi connectivity index (χ2n) is 5.62. The van der Waals surface area contributed by atoms with Gasteiger partial charge < -0.3 is 11.1 Å². The van der Waals surface area contributed by atoms with Crippen molar-refractivity contribution in [2.45, 2.75) is 10.9 Å². The number of nitrogens with two attached hydrogens (primary N) is 1. The third-order valence-corrected chi connectivity index (χ3v) is 4.83. The molecule has 0 aliphatic carbocycles. The van der Waals surface area contributed by atoms with Gasteiger partial charge in [0, 0.05) is 17.5 Å². The van der Waals surface area contributed by atoms with Crippen LogP contribution in [0.15, 0.2) is 77.7 Å². The van der Waals surface area contributed by atoms with Crippen molar-refractivity contribution in [3.05, 3.63) is 78.4 Å². The molecule has 0 aliphatic rings. The highest BCUT2D eigenvalue weighted by Gasteiger charge is 2.08. The van der Waals surface area contributed by atoms with Crippen LogP contribution in [0.4, 0.5) is 0 Å². The van der Waals surface area contributed by atoms with Crippen LogP contribution in [0.2, 0.25) is 0 Å². The van der Waals surface area contributed by atoms with E-state index in [0.29, 0.717) is 12.3 Å². The Hall–Kier alpha value is -2.30. The van der Waals surface area contributed by atoms with E-state index in [1.165, 1.54) is 22.5 Å². The molecule has 0 fully saturated rings. The fraction of sp³-hybridized carbons (Fsp3) is 0.150. The maximum absolute atomic E-state index is 12.0. The fourth-order valence-corrected chi connectivity index (χ4v) is 3.27. The predicted octanol–water partition coefficient (Wildman–Crippen LogP) is 3.75. The number of fused-ring (bicyclic) bond motifs is 1. The van der Waals surface area contributed by atoms with Crippen LogP contribution >= 0.6 is 11.8 Å². The predicted molar refractivity (Wildman–Crippen MR) is 101 cm³/mol. The molecule has 4 heteroatoms. The second kappa shape index (κ2) is 7.99. The highest BCUT2D eigenvalue weighted by molar-refractivity contribution is 8.00. The molecule has 24 heavy (non-hydrogen) atoms. The molecule has 0 aromatic heterocycles. The van der Waals surface area contributed by atoms with Gasteiger partial charge in [0.15, 0.2) is 0 Å². The van der Waals surface area contributed by atoms with Crippen molar-refractivity contribution >= 4 is 28.4 Å². The van der Waals surface area contributed by atoms with Gasteiger partial charge in [-0.2, -0.15) is 0 Å². The largest absolute Gasteiger partial charge is 0.353 e. The highest BCUT2D eigenvalue weighted by atomic mass is 32.2. The first-order valence-electron chi connectivity index (χ1n) is 7.91. The lowest BCUT2D eigenvalue weighted by Gasteiger charge is -2.13. The first-order valence-corrected chi connectivity index (χ1v) is 8.90. The summed E-state index contributed by atoms with van der Waals surface area (Å²) >= 11 is 1.54. The molecule has 3 N–H and O–H groups in total. The molecule has 1 amide bonds. The second-order valence-corrected chi connectivity index (χ2v) is 6.67. The van der Waals surface area contributed by atoms with Gasteiger partial charge in [-0.25, -0.2) is 0 Å². The number of nitrogens with one attached hydrogen (secondary N) is 1. The third kappa shape index (κ3) is 4.37. The standard InChI is InChI=1S/C20H20N2OS/c21-19(16-7-2-1-3-8-16)13-22-20(23)14-24-18-11-10-15-6-4-5-9-17(15)12-18/h1-12,19H,13-14,21H2,(H,22,23). The SMILES string of the molecule is NC(CNC(=O)CSc1ccc2ccccc2c1)c1ccccc1. The summed E-state index contributed by atoms with van der Waals surface area (Å²) in [6.45, 7) is 0.446. The molecular weight excluding hydrogens is 316 g/mol. The van der Waals surface area contributed by atoms with Crippen LogP contribution in [0.25, 0.3) is 10.8 Å². The van der Waals surface area contributed by atoms with Gasteiger partial charge in [-0.15, -0.1) is 11.8 Å². The maximum atomic E-state index is 12.0. The van der Waals surface area contributed by atoms with E-state index in [9.17, 15) is 4.79 Å². The Bertz CT molecular complexity index is 820. The smallest absolute Gasteiger partial charge is 0.230 e. The van der Waals surface area contributed by atoms with Crippen LogP contribution in [-0.4, -0.2) is 18.2 Å². The van der Waals surface area contributed by atoms with Gasteiger partial charge in [-0.05, 0) is 28.5 Å². The van der Waals surface area contributed by atoms with Gasteiger partial charge in [0.1, 0.15) is 0 Å². The van der Waals surface area contributed by atoms with Crippen LogP contribution < -0.4 is 11.1 Å². The van der Waals surface area contributed by atoms with Gasteiger partial charge in [0.25, 0.3) is 0 Å². The zero-order valence-electron chi connectivity index (χ0n) is 13.3. The lowest BCUT2D eigenvalue weighted by molar-refractivity contribution is -0.118. The van der Waals surface area contributed by atoms with Crippen LogP contribution in [0, 0.1) is 0 Å². The Kier molecular flexibility index (Phi) is 5.51. The molecule has 0 spiro atoms. The zero-order chi connectivity index (χ0) is 16.8. The Morgan fingerprint density at radius 2 is 1.67 bits per heavy atom. The molecule has 1 atom stereocenters. The summed E-state index contributed by atoms with van der Waals surface area (Å²) in [6.07, 6.45) is 0. The van der Waals surface area contributed by atoms with Crippen LogP contribution in [0.3, 0.4) is 0 Å². The lowest BCUT2D eigenvalue weighted by atomic mass is 10.1. The van der Waals surface area contributed by atoms with Gasteiger partial charge >= 0.3 is 0 Å². The van der Waals surface area contributed by atoms with E-state index in [0.717, 1.165) is 10.5 Å². The summed E-state index contributed by atoms with van der Waals surface area (Å²) in [5, 5.41) is 5.30. The maximum Gasteiger partial charge on any atom is 0.230 e.